The summed E-state index contributed by atoms with van der Waals surface area (Å²) in [5.74, 6) is 1.22. The molecular weight excluding hydrogens is 420 g/mol. The number of amides is 1. The molecule has 9 heteroatoms. The molecule has 3 aromatic rings. The zero-order valence-corrected chi connectivity index (χ0v) is 20.2. The zero-order valence-electron chi connectivity index (χ0n) is 20.2. The van der Waals surface area contributed by atoms with Gasteiger partial charge in [0.15, 0.2) is 5.65 Å². The Hall–Kier alpha value is -3.33. The Balaban J connectivity index is 1.45. The van der Waals surface area contributed by atoms with Crippen LogP contribution in [0.2, 0.25) is 0 Å². The van der Waals surface area contributed by atoms with Gasteiger partial charge in [-0.1, -0.05) is 6.07 Å². The predicted molar refractivity (Wildman–Crippen MR) is 128 cm³/mol. The minimum atomic E-state index is -0.177. The van der Waals surface area contributed by atoms with E-state index in [4.69, 9.17) is 9.47 Å². The number of methoxy groups -OCH3 is 2. The molecule has 0 spiro atoms. The summed E-state index contributed by atoms with van der Waals surface area (Å²) in [5, 5.41) is 8.34. The number of likely N-dealkylation sites (tertiary alicyclic amines) is 1. The number of hydrogen-bond donors (Lipinski definition) is 1. The second kappa shape index (κ2) is 9.27. The topological polar surface area (TPSA) is 84.8 Å². The Bertz CT molecular complexity index is 1170. The Labute approximate surface area is 194 Å². The van der Waals surface area contributed by atoms with Gasteiger partial charge in [-0.2, -0.15) is 5.10 Å². The van der Waals surface area contributed by atoms with Gasteiger partial charge in [0.1, 0.15) is 17.1 Å². The van der Waals surface area contributed by atoms with E-state index in [1.165, 1.54) is 0 Å². The monoisotopic (exact) mass is 452 g/mol. The number of benzene rings is 1. The van der Waals surface area contributed by atoms with Gasteiger partial charge in [-0.15, -0.1) is 0 Å². The third-order valence-corrected chi connectivity index (χ3v) is 6.22. The molecule has 4 rings (SSSR count). The van der Waals surface area contributed by atoms with Crippen LogP contribution in [0.3, 0.4) is 0 Å². The van der Waals surface area contributed by atoms with E-state index in [1.54, 1.807) is 25.1 Å². The highest BCUT2D eigenvalue weighted by Gasteiger charge is 2.27. The number of aryl methyl sites for hydroxylation is 2. The number of hydrogen-bond acceptors (Lipinski definition) is 7. The number of nitrogens with zero attached hydrogens (tertiary/aromatic N) is 5. The van der Waals surface area contributed by atoms with Gasteiger partial charge in [0.05, 0.1) is 25.3 Å². The molecule has 1 unspecified atom stereocenters. The van der Waals surface area contributed by atoms with Crippen molar-refractivity contribution in [2.75, 3.05) is 46.3 Å². The zero-order chi connectivity index (χ0) is 23.7. The number of nitrogens with one attached hydrogen (secondary N) is 1. The lowest BCUT2D eigenvalue weighted by Gasteiger charge is -2.20. The van der Waals surface area contributed by atoms with Crippen molar-refractivity contribution in [2.24, 2.45) is 7.05 Å². The predicted octanol–water partition coefficient (Wildman–Crippen LogP) is 2.36. The SMILES string of the molecule is COc1cc(N(C)C)ccc1CN1CCC(NC(=O)c2cnc3c(c(C)nn3C)c2OC)C1. The van der Waals surface area contributed by atoms with Crippen LogP contribution in [0, 0.1) is 6.92 Å². The maximum atomic E-state index is 13.1. The molecule has 1 fully saturated rings. The van der Waals surface area contributed by atoms with Crippen LogP contribution < -0.4 is 19.7 Å². The first-order chi connectivity index (χ1) is 15.8. The molecule has 0 radical (unpaired) electrons. The summed E-state index contributed by atoms with van der Waals surface area (Å²) in [4.78, 5) is 21.9. The summed E-state index contributed by atoms with van der Waals surface area (Å²) in [6.07, 6.45) is 2.45. The summed E-state index contributed by atoms with van der Waals surface area (Å²) in [6, 6.07) is 6.32. The Kier molecular flexibility index (Phi) is 6.42. The number of rotatable bonds is 7. The molecule has 33 heavy (non-hydrogen) atoms. The summed E-state index contributed by atoms with van der Waals surface area (Å²) < 4.78 is 12.9. The van der Waals surface area contributed by atoms with E-state index in [0.717, 1.165) is 54.1 Å². The number of aromatic nitrogens is 3. The molecule has 1 N–H and O–H groups in total. The average Bonchev–Trinajstić information content (AvgIpc) is 3.36. The van der Waals surface area contributed by atoms with Crippen molar-refractivity contribution in [1.29, 1.82) is 0 Å². The first-order valence-electron chi connectivity index (χ1n) is 11.1. The molecule has 0 aliphatic carbocycles. The fourth-order valence-electron chi connectivity index (χ4n) is 4.49. The molecule has 3 heterocycles. The maximum absolute atomic E-state index is 13.1. The minimum Gasteiger partial charge on any atom is -0.496 e. The Morgan fingerprint density at radius 2 is 2.06 bits per heavy atom. The van der Waals surface area contributed by atoms with Crippen molar-refractivity contribution < 1.29 is 14.3 Å². The lowest BCUT2D eigenvalue weighted by atomic mass is 10.1. The van der Waals surface area contributed by atoms with Crippen LogP contribution in [0.4, 0.5) is 5.69 Å². The number of carbonyl (C=O) groups is 1. The van der Waals surface area contributed by atoms with Crippen molar-refractivity contribution in [3.05, 3.63) is 41.2 Å². The molecule has 1 atom stereocenters. The van der Waals surface area contributed by atoms with Crippen LogP contribution in [0.25, 0.3) is 11.0 Å². The molecule has 1 aliphatic rings. The first kappa shape index (κ1) is 22.8. The van der Waals surface area contributed by atoms with Gasteiger partial charge in [-0.3, -0.25) is 14.4 Å². The summed E-state index contributed by atoms with van der Waals surface area (Å²) in [5.41, 5.74) is 4.15. The lowest BCUT2D eigenvalue weighted by Crippen LogP contribution is -2.37. The molecule has 0 bridgehead atoms. The molecular formula is C24H32N6O3. The van der Waals surface area contributed by atoms with Crippen LogP contribution in [0.15, 0.2) is 24.4 Å². The van der Waals surface area contributed by atoms with E-state index in [0.29, 0.717) is 17.0 Å². The quantitative estimate of drug-likeness (QED) is 0.589. The van der Waals surface area contributed by atoms with Gasteiger partial charge in [0, 0.05) is 70.3 Å². The summed E-state index contributed by atoms with van der Waals surface area (Å²) in [7, 11) is 9.13. The van der Waals surface area contributed by atoms with E-state index in [9.17, 15) is 4.79 Å². The van der Waals surface area contributed by atoms with Gasteiger partial charge in [0.2, 0.25) is 0 Å². The van der Waals surface area contributed by atoms with Crippen molar-refractivity contribution in [2.45, 2.75) is 25.9 Å². The van der Waals surface area contributed by atoms with Crippen LogP contribution in [0.5, 0.6) is 11.5 Å². The van der Waals surface area contributed by atoms with Crippen molar-refractivity contribution >= 4 is 22.6 Å². The molecule has 1 saturated heterocycles. The van der Waals surface area contributed by atoms with Crippen LogP contribution >= 0.6 is 0 Å². The standard InChI is InChI=1S/C24H32N6O3/c1-15-21-22(33-6)19(12-25-23(21)29(4)27-15)24(31)26-17-9-10-30(14-17)13-16-7-8-18(28(2)3)11-20(16)32-5/h7-8,11-12,17H,9-10,13-14H2,1-6H3,(H,26,31). The Morgan fingerprint density at radius 1 is 1.27 bits per heavy atom. The smallest absolute Gasteiger partial charge is 0.256 e. The van der Waals surface area contributed by atoms with Crippen molar-refractivity contribution in [3.63, 3.8) is 0 Å². The van der Waals surface area contributed by atoms with E-state index in [-0.39, 0.29) is 11.9 Å². The Morgan fingerprint density at radius 3 is 2.76 bits per heavy atom. The highest BCUT2D eigenvalue weighted by Crippen LogP contribution is 2.31. The van der Waals surface area contributed by atoms with Gasteiger partial charge in [-0.05, 0) is 19.4 Å². The number of ether oxygens (including phenoxy) is 2. The maximum Gasteiger partial charge on any atom is 0.256 e. The number of anilines is 1. The van der Waals surface area contributed by atoms with Gasteiger partial charge in [-0.25, -0.2) is 4.98 Å². The van der Waals surface area contributed by atoms with Crippen molar-refractivity contribution in [1.82, 2.24) is 25.0 Å². The molecule has 0 saturated carbocycles. The number of carbonyl (C=O) groups excluding carboxylic acids is 1. The second-order valence-corrected chi connectivity index (χ2v) is 8.70. The lowest BCUT2D eigenvalue weighted by molar-refractivity contribution is 0.0934. The highest BCUT2D eigenvalue weighted by atomic mass is 16.5. The number of fused-ring (bicyclic) bond motifs is 1. The first-order valence-corrected chi connectivity index (χ1v) is 11.1. The average molecular weight is 453 g/mol. The molecule has 1 amide bonds. The molecule has 9 nitrogen and oxygen atoms in total. The molecule has 176 valence electrons. The van der Waals surface area contributed by atoms with E-state index >= 15 is 0 Å². The van der Waals surface area contributed by atoms with Crippen LogP contribution in [0.1, 0.15) is 28.0 Å². The van der Waals surface area contributed by atoms with E-state index in [2.05, 4.69) is 43.4 Å². The van der Waals surface area contributed by atoms with Gasteiger partial charge in [0.25, 0.3) is 5.91 Å². The van der Waals surface area contributed by atoms with E-state index in [1.807, 2.05) is 28.1 Å². The van der Waals surface area contributed by atoms with Crippen LogP contribution in [-0.4, -0.2) is 73.0 Å². The summed E-state index contributed by atoms with van der Waals surface area (Å²) >= 11 is 0. The third-order valence-electron chi connectivity index (χ3n) is 6.22. The van der Waals surface area contributed by atoms with Crippen LogP contribution in [-0.2, 0) is 13.6 Å². The molecule has 1 aliphatic heterocycles. The molecule has 1 aromatic carbocycles. The van der Waals surface area contributed by atoms with E-state index < -0.39 is 0 Å². The highest BCUT2D eigenvalue weighted by molar-refractivity contribution is 6.02. The molecule has 2 aromatic heterocycles. The summed E-state index contributed by atoms with van der Waals surface area (Å²) in [6.45, 7) is 4.34. The largest absolute Gasteiger partial charge is 0.496 e. The fourth-order valence-corrected chi connectivity index (χ4v) is 4.49. The minimum absolute atomic E-state index is 0.0555. The fraction of sp³-hybridized carbons (Fsp3) is 0.458. The van der Waals surface area contributed by atoms with Gasteiger partial charge < -0.3 is 19.7 Å². The number of pyridine rings is 1. The second-order valence-electron chi connectivity index (χ2n) is 8.70. The third kappa shape index (κ3) is 4.45. The van der Waals surface area contributed by atoms with Crippen molar-refractivity contribution in [3.8, 4) is 11.5 Å². The normalized spacial score (nSPS) is 16.2. The van der Waals surface area contributed by atoms with Gasteiger partial charge >= 0.3 is 0 Å².